The van der Waals surface area contributed by atoms with E-state index in [9.17, 15) is 0 Å². The van der Waals surface area contributed by atoms with E-state index < -0.39 is 0 Å². The number of allylic oxidation sites excluding steroid dienone is 1. The summed E-state index contributed by atoms with van der Waals surface area (Å²) in [5.41, 5.74) is 5.98. The van der Waals surface area contributed by atoms with Gasteiger partial charge in [-0.1, -0.05) is 24.3 Å². The number of aryl methyl sites for hydroxylation is 2. The summed E-state index contributed by atoms with van der Waals surface area (Å²) in [6.07, 6.45) is 10.5. The zero-order valence-electron chi connectivity index (χ0n) is 7.01. The van der Waals surface area contributed by atoms with Gasteiger partial charge in [-0.05, 0) is 41.5 Å². The molecule has 0 bridgehead atoms. The van der Waals surface area contributed by atoms with Crippen LogP contribution in [0, 0.1) is 6.42 Å². The highest BCUT2D eigenvalue weighted by molar-refractivity contribution is 5.66. The van der Waals surface area contributed by atoms with E-state index in [1.807, 2.05) is 0 Å². The standard InChI is InChI=1S/C12H11/c1-3-9-7-11-5-2-6-12(11)8-10(9)4-1/h1,3-4,7-8H,2,5-6H2. The second-order valence-corrected chi connectivity index (χ2v) is 3.63. The molecule has 1 aromatic carbocycles. The molecule has 1 radical (unpaired) electrons. The summed E-state index contributed by atoms with van der Waals surface area (Å²) < 4.78 is 0. The maximum absolute atomic E-state index is 2.36. The average Bonchev–Trinajstić information content (AvgIpc) is 2.64. The van der Waals surface area contributed by atoms with Gasteiger partial charge < -0.3 is 0 Å². The molecule has 0 N–H and O–H groups in total. The lowest BCUT2D eigenvalue weighted by Gasteiger charge is -2.03. The third kappa shape index (κ3) is 0.781. The van der Waals surface area contributed by atoms with Crippen molar-refractivity contribution in [1.82, 2.24) is 0 Å². The van der Waals surface area contributed by atoms with Crippen LogP contribution in [0.5, 0.6) is 0 Å². The maximum atomic E-state index is 2.36. The number of hydrogen-bond donors (Lipinski definition) is 0. The maximum Gasteiger partial charge on any atom is 0.0131 e. The summed E-state index contributed by atoms with van der Waals surface area (Å²) in [7, 11) is 0. The highest BCUT2D eigenvalue weighted by Gasteiger charge is 2.14. The van der Waals surface area contributed by atoms with Gasteiger partial charge in [0, 0.05) is 6.42 Å². The van der Waals surface area contributed by atoms with Crippen molar-refractivity contribution in [2.24, 2.45) is 0 Å². The van der Waals surface area contributed by atoms with E-state index in [2.05, 4.69) is 30.7 Å². The second-order valence-electron chi connectivity index (χ2n) is 3.63. The van der Waals surface area contributed by atoms with Crippen LogP contribution < -0.4 is 0 Å². The summed E-state index contributed by atoms with van der Waals surface area (Å²) in [6.45, 7) is 0. The molecule has 0 saturated carbocycles. The number of rotatable bonds is 0. The Morgan fingerprint density at radius 2 is 1.67 bits per heavy atom. The molecule has 59 valence electrons. The SMILES string of the molecule is [CH]1C=Cc2cc3c(cc21)CCC3. The fraction of sp³-hybridized carbons (Fsp3) is 0.250. The molecule has 2 aliphatic carbocycles. The fourth-order valence-electron chi connectivity index (χ4n) is 2.21. The zero-order chi connectivity index (χ0) is 7.97. The van der Waals surface area contributed by atoms with Crippen LogP contribution in [0.4, 0.5) is 0 Å². The summed E-state index contributed by atoms with van der Waals surface area (Å²) in [5, 5.41) is 0. The topological polar surface area (TPSA) is 0 Å². The van der Waals surface area contributed by atoms with Crippen LogP contribution in [0.15, 0.2) is 18.2 Å². The van der Waals surface area contributed by atoms with Crippen LogP contribution in [-0.4, -0.2) is 0 Å². The van der Waals surface area contributed by atoms with Gasteiger partial charge in [0.2, 0.25) is 0 Å². The monoisotopic (exact) mass is 155 g/mol. The van der Waals surface area contributed by atoms with E-state index in [-0.39, 0.29) is 0 Å². The van der Waals surface area contributed by atoms with Crippen molar-refractivity contribution in [3.05, 3.63) is 46.9 Å². The lowest BCUT2D eigenvalue weighted by atomic mass is 10.0. The van der Waals surface area contributed by atoms with Gasteiger partial charge in [-0.3, -0.25) is 0 Å². The minimum absolute atomic E-state index is 1.29. The molecule has 0 saturated heterocycles. The van der Waals surface area contributed by atoms with Crippen LogP contribution in [-0.2, 0) is 12.8 Å². The first kappa shape index (κ1) is 6.47. The van der Waals surface area contributed by atoms with Crippen molar-refractivity contribution < 1.29 is 0 Å². The first-order valence-corrected chi connectivity index (χ1v) is 4.61. The lowest BCUT2D eigenvalue weighted by molar-refractivity contribution is 0.911. The molecule has 0 amide bonds. The molecule has 0 aromatic heterocycles. The van der Waals surface area contributed by atoms with Gasteiger partial charge in [-0.25, -0.2) is 0 Å². The summed E-state index contributed by atoms with van der Waals surface area (Å²) in [5.74, 6) is 0. The van der Waals surface area contributed by atoms with Gasteiger partial charge in [-0.2, -0.15) is 0 Å². The van der Waals surface area contributed by atoms with E-state index in [0.717, 1.165) is 0 Å². The van der Waals surface area contributed by atoms with E-state index in [0.29, 0.717) is 0 Å². The van der Waals surface area contributed by atoms with Crippen molar-refractivity contribution in [3.63, 3.8) is 0 Å². The van der Waals surface area contributed by atoms with Crippen molar-refractivity contribution >= 4 is 6.08 Å². The second kappa shape index (κ2) is 2.22. The van der Waals surface area contributed by atoms with Crippen LogP contribution >= 0.6 is 0 Å². The van der Waals surface area contributed by atoms with Gasteiger partial charge in [0.25, 0.3) is 0 Å². The zero-order valence-corrected chi connectivity index (χ0v) is 7.01. The Labute approximate surface area is 72.9 Å². The highest BCUT2D eigenvalue weighted by atomic mass is 14.2. The molecule has 2 aliphatic rings. The molecule has 0 unspecified atom stereocenters. The smallest absolute Gasteiger partial charge is 0.0131 e. The van der Waals surface area contributed by atoms with Gasteiger partial charge in [0.15, 0.2) is 0 Å². The molecule has 0 nitrogen and oxygen atoms in total. The van der Waals surface area contributed by atoms with Crippen LogP contribution in [0.1, 0.15) is 28.7 Å². The van der Waals surface area contributed by atoms with Gasteiger partial charge in [-0.15, -0.1) is 0 Å². The Kier molecular flexibility index (Phi) is 1.20. The quantitative estimate of drug-likeness (QED) is 0.540. The molecule has 12 heavy (non-hydrogen) atoms. The minimum Gasteiger partial charge on any atom is -0.0755 e. The number of benzene rings is 1. The number of fused-ring (bicyclic) bond motifs is 2. The molecule has 1 aromatic rings. The van der Waals surface area contributed by atoms with Crippen molar-refractivity contribution in [1.29, 1.82) is 0 Å². The lowest BCUT2D eigenvalue weighted by Crippen LogP contribution is -1.87. The van der Waals surface area contributed by atoms with E-state index in [4.69, 9.17) is 0 Å². The largest absolute Gasteiger partial charge is 0.0755 e. The Bertz CT molecular complexity index is 358. The predicted molar refractivity (Wildman–Crippen MR) is 50.9 cm³/mol. The van der Waals surface area contributed by atoms with E-state index in [1.165, 1.54) is 30.4 Å². The van der Waals surface area contributed by atoms with Crippen molar-refractivity contribution in [2.45, 2.75) is 19.3 Å². The molecule has 3 rings (SSSR count). The average molecular weight is 155 g/mol. The van der Waals surface area contributed by atoms with Crippen LogP contribution in [0.2, 0.25) is 0 Å². The van der Waals surface area contributed by atoms with Crippen LogP contribution in [0.25, 0.3) is 6.08 Å². The first-order valence-electron chi connectivity index (χ1n) is 4.61. The summed E-state index contributed by atoms with van der Waals surface area (Å²) in [4.78, 5) is 0. The molecular weight excluding hydrogens is 144 g/mol. The molecule has 0 heterocycles. The summed E-state index contributed by atoms with van der Waals surface area (Å²) >= 11 is 0. The van der Waals surface area contributed by atoms with Gasteiger partial charge >= 0.3 is 0 Å². The molecule has 0 atom stereocenters. The molecule has 0 aliphatic heterocycles. The molecule has 0 fully saturated rings. The first-order chi connectivity index (χ1) is 5.93. The Morgan fingerprint density at radius 1 is 0.917 bits per heavy atom. The van der Waals surface area contributed by atoms with Gasteiger partial charge in [0.05, 0.1) is 0 Å². The molecular formula is C12H11. The predicted octanol–water partition coefficient (Wildman–Crippen LogP) is 2.75. The van der Waals surface area contributed by atoms with Gasteiger partial charge in [0.1, 0.15) is 0 Å². The Balaban J connectivity index is 2.23. The summed E-state index contributed by atoms with van der Waals surface area (Å²) in [6, 6.07) is 4.72. The normalized spacial score (nSPS) is 18.0. The Hall–Kier alpha value is -1.04. The Morgan fingerprint density at radius 3 is 2.50 bits per heavy atom. The number of hydrogen-bond acceptors (Lipinski definition) is 0. The van der Waals surface area contributed by atoms with E-state index >= 15 is 0 Å². The molecule has 0 heteroatoms. The minimum atomic E-state index is 1.29. The third-order valence-electron chi connectivity index (χ3n) is 2.85. The fourth-order valence-corrected chi connectivity index (χ4v) is 2.21. The third-order valence-corrected chi connectivity index (χ3v) is 2.85. The molecule has 0 spiro atoms. The highest BCUT2D eigenvalue weighted by Crippen LogP contribution is 2.29. The van der Waals surface area contributed by atoms with Crippen molar-refractivity contribution in [3.8, 4) is 0 Å². The van der Waals surface area contributed by atoms with Crippen molar-refractivity contribution in [2.75, 3.05) is 0 Å². The van der Waals surface area contributed by atoms with E-state index in [1.54, 1.807) is 11.1 Å². The van der Waals surface area contributed by atoms with Crippen LogP contribution in [0.3, 0.4) is 0 Å².